The molecule has 1 aromatic carbocycles. The molecular weight excluding hydrogens is 214 g/mol. The van der Waals surface area contributed by atoms with Gasteiger partial charge in [-0.05, 0) is 17.6 Å². The van der Waals surface area contributed by atoms with E-state index in [0.29, 0.717) is 6.54 Å². The summed E-state index contributed by atoms with van der Waals surface area (Å²) in [4.78, 5) is 13.2. The fraction of sp³-hybridized carbons (Fsp3) is 0.357. The summed E-state index contributed by atoms with van der Waals surface area (Å²) in [7, 11) is 0. The van der Waals surface area contributed by atoms with Crippen molar-refractivity contribution in [3.8, 4) is 0 Å². The van der Waals surface area contributed by atoms with Gasteiger partial charge >= 0.3 is 0 Å². The first-order valence-electron chi connectivity index (χ1n) is 5.86. The van der Waals surface area contributed by atoms with Crippen molar-refractivity contribution in [2.45, 2.75) is 13.0 Å². The maximum atomic E-state index is 10.9. The molecule has 0 aromatic heterocycles. The monoisotopic (exact) mass is 231 g/mol. The highest BCUT2D eigenvalue weighted by molar-refractivity contribution is 5.75. The third kappa shape index (κ3) is 3.02. The Bertz CT molecular complexity index is 411. The summed E-state index contributed by atoms with van der Waals surface area (Å²) in [5.74, 6) is 0. The fourth-order valence-electron chi connectivity index (χ4n) is 2.16. The van der Waals surface area contributed by atoms with Crippen LogP contribution in [0.15, 0.2) is 41.5 Å². The van der Waals surface area contributed by atoms with Crippen molar-refractivity contribution in [2.24, 2.45) is 0 Å². The van der Waals surface area contributed by atoms with Gasteiger partial charge in [-0.2, -0.15) is 0 Å². The molecule has 90 valence electrons. The molecule has 1 aliphatic rings. The van der Waals surface area contributed by atoms with Crippen LogP contribution < -0.4 is 0 Å². The topological polar surface area (TPSA) is 40.5 Å². The zero-order valence-corrected chi connectivity index (χ0v) is 9.80. The molecule has 1 N–H and O–H groups in total. The van der Waals surface area contributed by atoms with Crippen LogP contribution in [0, 0.1) is 0 Å². The molecule has 0 saturated carbocycles. The van der Waals surface area contributed by atoms with Gasteiger partial charge in [0.25, 0.3) is 0 Å². The van der Waals surface area contributed by atoms with Gasteiger partial charge in [0.1, 0.15) is 6.29 Å². The van der Waals surface area contributed by atoms with Crippen LogP contribution in [0.3, 0.4) is 0 Å². The van der Waals surface area contributed by atoms with Crippen LogP contribution >= 0.6 is 0 Å². The van der Waals surface area contributed by atoms with Crippen LogP contribution in [0.4, 0.5) is 0 Å². The van der Waals surface area contributed by atoms with Crippen LogP contribution in [-0.2, 0) is 11.3 Å². The van der Waals surface area contributed by atoms with Crippen LogP contribution in [0.2, 0.25) is 0 Å². The van der Waals surface area contributed by atoms with Crippen molar-refractivity contribution in [1.29, 1.82) is 0 Å². The molecule has 1 aliphatic heterocycles. The van der Waals surface area contributed by atoms with Crippen LogP contribution in [0.5, 0.6) is 0 Å². The second-order valence-corrected chi connectivity index (χ2v) is 4.35. The Hall–Kier alpha value is -1.45. The normalized spacial score (nSPS) is 17.2. The largest absolute Gasteiger partial charge is 0.392 e. The third-order valence-corrected chi connectivity index (χ3v) is 3.16. The van der Waals surface area contributed by atoms with Gasteiger partial charge in [0.05, 0.1) is 6.61 Å². The number of aldehydes is 1. The van der Waals surface area contributed by atoms with Crippen molar-refractivity contribution in [3.63, 3.8) is 0 Å². The molecule has 0 fully saturated rings. The standard InChI is InChI=1S/C14H17NO2/c16-10-13-6-7-15(9-14(13)11-17)8-12-4-2-1-3-5-12/h1-5,11,16H,6-10H2. The van der Waals surface area contributed by atoms with E-state index >= 15 is 0 Å². The van der Waals surface area contributed by atoms with E-state index < -0.39 is 0 Å². The van der Waals surface area contributed by atoms with Gasteiger partial charge in [0.2, 0.25) is 0 Å². The van der Waals surface area contributed by atoms with Crippen molar-refractivity contribution in [2.75, 3.05) is 19.7 Å². The first-order valence-corrected chi connectivity index (χ1v) is 5.86. The Labute approximate surface area is 101 Å². The average molecular weight is 231 g/mol. The van der Waals surface area contributed by atoms with Gasteiger partial charge in [-0.1, -0.05) is 30.3 Å². The molecule has 0 saturated heterocycles. The van der Waals surface area contributed by atoms with Crippen molar-refractivity contribution >= 4 is 6.29 Å². The SMILES string of the molecule is O=CC1=C(CO)CCN(Cc2ccccc2)C1. The van der Waals surface area contributed by atoms with E-state index in [-0.39, 0.29) is 6.61 Å². The Morgan fingerprint density at radius 1 is 1.29 bits per heavy atom. The van der Waals surface area contributed by atoms with E-state index in [9.17, 15) is 4.79 Å². The number of hydrogen-bond acceptors (Lipinski definition) is 3. The number of hydrogen-bond donors (Lipinski definition) is 1. The Morgan fingerprint density at radius 2 is 2.06 bits per heavy atom. The summed E-state index contributed by atoms with van der Waals surface area (Å²) in [6.45, 7) is 2.42. The first kappa shape index (κ1) is 12.0. The highest BCUT2D eigenvalue weighted by Gasteiger charge is 2.17. The average Bonchev–Trinajstić information content (AvgIpc) is 2.40. The highest BCUT2D eigenvalue weighted by atomic mass is 16.3. The first-order chi connectivity index (χ1) is 8.33. The number of aliphatic hydroxyl groups excluding tert-OH is 1. The van der Waals surface area contributed by atoms with Crippen molar-refractivity contribution in [1.82, 2.24) is 4.90 Å². The zero-order chi connectivity index (χ0) is 12.1. The van der Waals surface area contributed by atoms with Crippen molar-refractivity contribution < 1.29 is 9.90 Å². The zero-order valence-electron chi connectivity index (χ0n) is 9.80. The summed E-state index contributed by atoms with van der Waals surface area (Å²) in [5.41, 5.74) is 2.89. The van der Waals surface area contributed by atoms with E-state index in [0.717, 1.165) is 36.9 Å². The maximum Gasteiger partial charge on any atom is 0.147 e. The maximum absolute atomic E-state index is 10.9. The number of benzene rings is 1. The minimum absolute atomic E-state index is 0.00719. The quantitative estimate of drug-likeness (QED) is 0.796. The molecular formula is C14H17NO2. The third-order valence-electron chi connectivity index (χ3n) is 3.16. The van der Waals surface area contributed by atoms with E-state index in [4.69, 9.17) is 5.11 Å². The fourth-order valence-corrected chi connectivity index (χ4v) is 2.16. The van der Waals surface area contributed by atoms with Gasteiger partial charge in [-0.15, -0.1) is 0 Å². The van der Waals surface area contributed by atoms with Crippen LogP contribution in [0.25, 0.3) is 0 Å². The Balaban J connectivity index is 2.02. The second-order valence-electron chi connectivity index (χ2n) is 4.35. The lowest BCUT2D eigenvalue weighted by Crippen LogP contribution is -2.32. The van der Waals surface area contributed by atoms with Gasteiger partial charge in [-0.3, -0.25) is 9.69 Å². The number of carbonyl (C=O) groups excluding carboxylic acids is 1. The number of rotatable bonds is 4. The summed E-state index contributed by atoms with van der Waals surface area (Å²) >= 11 is 0. The molecule has 1 heterocycles. The summed E-state index contributed by atoms with van der Waals surface area (Å²) in [6.07, 6.45) is 1.67. The smallest absolute Gasteiger partial charge is 0.147 e. The Kier molecular flexibility index (Phi) is 4.07. The predicted octanol–water partition coefficient (Wildman–Crippen LogP) is 1.38. The molecule has 0 amide bonds. The summed E-state index contributed by atoms with van der Waals surface area (Å²) in [6, 6.07) is 10.2. The van der Waals surface area contributed by atoms with E-state index in [1.165, 1.54) is 5.56 Å². The molecule has 0 radical (unpaired) electrons. The molecule has 1 aromatic rings. The molecule has 17 heavy (non-hydrogen) atoms. The highest BCUT2D eigenvalue weighted by Crippen LogP contribution is 2.18. The molecule has 3 nitrogen and oxygen atoms in total. The molecule has 0 spiro atoms. The van der Waals surface area contributed by atoms with E-state index in [2.05, 4.69) is 17.0 Å². The second kappa shape index (κ2) is 5.75. The lowest BCUT2D eigenvalue weighted by Gasteiger charge is -2.28. The number of aliphatic hydroxyl groups is 1. The van der Waals surface area contributed by atoms with Gasteiger partial charge in [-0.25, -0.2) is 0 Å². The summed E-state index contributed by atoms with van der Waals surface area (Å²) in [5, 5.41) is 9.13. The van der Waals surface area contributed by atoms with Crippen molar-refractivity contribution in [3.05, 3.63) is 47.0 Å². The molecule has 0 unspecified atom stereocenters. The van der Waals surface area contributed by atoms with E-state index in [1.807, 2.05) is 18.2 Å². The molecule has 0 bridgehead atoms. The van der Waals surface area contributed by atoms with Crippen LogP contribution in [0.1, 0.15) is 12.0 Å². The van der Waals surface area contributed by atoms with Gasteiger partial charge in [0.15, 0.2) is 0 Å². The number of nitrogens with zero attached hydrogens (tertiary/aromatic N) is 1. The Morgan fingerprint density at radius 3 is 2.71 bits per heavy atom. The summed E-state index contributed by atoms with van der Waals surface area (Å²) < 4.78 is 0. The van der Waals surface area contributed by atoms with Gasteiger partial charge in [0, 0.05) is 25.2 Å². The lowest BCUT2D eigenvalue weighted by molar-refractivity contribution is -0.105. The molecule has 0 aliphatic carbocycles. The lowest BCUT2D eigenvalue weighted by atomic mass is 10.0. The minimum Gasteiger partial charge on any atom is -0.392 e. The van der Waals surface area contributed by atoms with E-state index in [1.54, 1.807) is 0 Å². The predicted molar refractivity (Wildman–Crippen MR) is 66.5 cm³/mol. The minimum atomic E-state index is 0.00719. The van der Waals surface area contributed by atoms with Gasteiger partial charge < -0.3 is 5.11 Å². The number of carbonyl (C=O) groups is 1. The molecule has 3 heteroatoms. The molecule has 2 rings (SSSR count). The molecule has 0 atom stereocenters. The van der Waals surface area contributed by atoms with Crippen LogP contribution in [-0.4, -0.2) is 36.0 Å².